The molecule has 2 heterocycles. The number of aryl methyl sites for hydroxylation is 2. The first-order valence-electron chi connectivity index (χ1n) is 10.5. The van der Waals surface area contributed by atoms with Crippen molar-refractivity contribution in [2.45, 2.75) is 65.5 Å². The van der Waals surface area contributed by atoms with Gasteiger partial charge in [-0.25, -0.2) is 0 Å². The average molecular weight is 370 g/mol. The lowest BCUT2D eigenvalue weighted by atomic mass is 9.76. The normalized spacial score (nSPS) is 20.9. The largest absolute Gasteiger partial charge is 0.396 e. The Morgan fingerprint density at radius 2 is 2.04 bits per heavy atom. The second-order valence-corrected chi connectivity index (χ2v) is 8.29. The van der Waals surface area contributed by atoms with E-state index < -0.39 is 0 Å². The van der Waals surface area contributed by atoms with Crippen LogP contribution < -0.4 is 0 Å². The standard InChI is InChI=1S/C23H35N3O/c1-3-14-26-20(2)22(16-24-26)17-25-15-8-13-23(18-25,19-27)12-7-11-21-9-5-4-6-10-21/h4-6,9-10,16,27H,3,7-8,11-15,17-19H2,1-2H3/t23-/m0/s1. The molecule has 4 nitrogen and oxygen atoms in total. The topological polar surface area (TPSA) is 41.3 Å². The molecule has 1 aliphatic rings. The number of rotatable bonds is 9. The first-order valence-corrected chi connectivity index (χ1v) is 10.5. The van der Waals surface area contributed by atoms with Gasteiger partial charge in [0.1, 0.15) is 0 Å². The lowest BCUT2D eigenvalue weighted by Gasteiger charge is -2.42. The molecule has 27 heavy (non-hydrogen) atoms. The minimum Gasteiger partial charge on any atom is -0.396 e. The highest BCUT2D eigenvalue weighted by Gasteiger charge is 2.34. The quantitative estimate of drug-likeness (QED) is 0.720. The predicted molar refractivity (Wildman–Crippen MR) is 111 cm³/mol. The maximum atomic E-state index is 10.2. The van der Waals surface area contributed by atoms with Crippen molar-refractivity contribution in [3.8, 4) is 0 Å². The molecule has 0 radical (unpaired) electrons. The van der Waals surface area contributed by atoms with Gasteiger partial charge >= 0.3 is 0 Å². The van der Waals surface area contributed by atoms with Crippen LogP contribution in [0.3, 0.4) is 0 Å². The van der Waals surface area contributed by atoms with Gasteiger partial charge in [0.25, 0.3) is 0 Å². The molecule has 1 fully saturated rings. The molecular weight excluding hydrogens is 334 g/mol. The zero-order chi connectivity index (χ0) is 19.1. The summed E-state index contributed by atoms with van der Waals surface area (Å²) in [6.07, 6.45) is 8.81. The maximum absolute atomic E-state index is 10.2. The third kappa shape index (κ3) is 5.20. The van der Waals surface area contributed by atoms with Crippen molar-refractivity contribution in [1.82, 2.24) is 14.7 Å². The molecule has 4 heteroatoms. The number of hydrogen-bond acceptors (Lipinski definition) is 3. The van der Waals surface area contributed by atoms with Gasteiger partial charge in [0.15, 0.2) is 0 Å². The smallest absolute Gasteiger partial charge is 0.0537 e. The first-order chi connectivity index (χ1) is 13.2. The summed E-state index contributed by atoms with van der Waals surface area (Å²) < 4.78 is 2.12. The Balaban J connectivity index is 1.57. The number of benzene rings is 1. The molecular formula is C23H35N3O. The van der Waals surface area contributed by atoms with Crippen molar-refractivity contribution in [2.24, 2.45) is 5.41 Å². The van der Waals surface area contributed by atoms with Gasteiger partial charge < -0.3 is 5.11 Å². The maximum Gasteiger partial charge on any atom is 0.0537 e. The van der Waals surface area contributed by atoms with E-state index in [-0.39, 0.29) is 5.41 Å². The molecule has 1 N–H and O–H groups in total. The lowest BCUT2D eigenvalue weighted by molar-refractivity contribution is 0.0207. The molecule has 1 aromatic heterocycles. The lowest BCUT2D eigenvalue weighted by Crippen LogP contribution is -2.45. The minimum absolute atomic E-state index is 0.0559. The minimum atomic E-state index is 0.0559. The fourth-order valence-corrected chi connectivity index (χ4v) is 4.49. The van der Waals surface area contributed by atoms with Gasteiger partial charge in [-0.05, 0) is 57.6 Å². The molecule has 1 aromatic carbocycles. The number of nitrogens with zero attached hydrogens (tertiary/aromatic N) is 3. The summed E-state index contributed by atoms with van der Waals surface area (Å²) in [6.45, 7) is 8.74. The summed E-state index contributed by atoms with van der Waals surface area (Å²) in [5, 5.41) is 14.8. The van der Waals surface area contributed by atoms with Crippen molar-refractivity contribution in [3.05, 3.63) is 53.3 Å². The highest BCUT2D eigenvalue weighted by atomic mass is 16.3. The number of hydrogen-bond donors (Lipinski definition) is 1. The van der Waals surface area contributed by atoms with Gasteiger partial charge in [-0.1, -0.05) is 37.3 Å². The van der Waals surface area contributed by atoms with E-state index in [9.17, 15) is 5.11 Å². The Morgan fingerprint density at radius 1 is 1.22 bits per heavy atom. The van der Waals surface area contributed by atoms with Crippen LogP contribution in [0.15, 0.2) is 36.5 Å². The Kier molecular flexibility index (Phi) is 7.08. The van der Waals surface area contributed by atoms with Gasteiger partial charge in [0, 0.05) is 42.9 Å². The zero-order valence-electron chi connectivity index (χ0n) is 17.0. The van der Waals surface area contributed by atoms with E-state index in [1.165, 1.54) is 23.2 Å². The van der Waals surface area contributed by atoms with Crippen molar-refractivity contribution in [1.29, 1.82) is 0 Å². The molecule has 0 unspecified atom stereocenters. The van der Waals surface area contributed by atoms with E-state index in [1.807, 2.05) is 6.20 Å². The summed E-state index contributed by atoms with van der Waals surface area (Å²) in [5.41, 5.74) is 4.08. The molecule has 148 valence electrons. The van der Waals surface area contributed by atoms with Crippen LogP contribution in [0, 0.1) is 12.3 Å². The molecule has 1 saturated heterocycles. The zero-order valence-corrected chi connectivity index (χ0v) is 17.0. The van der Waals surface area contributed by atoms with Crippen molar-refractivity contribution in [3.63, 3.8) is 0 Å². The predicted octanol–water partition coefficient (Wildman–Crippen LogP) is 4.20. The van der Waals surface area contributed by atoms with Gasteiger partial charge in [-0.2, -0.15) is 5.10 Å². The van der Waals surface area contributed by atoms with Crippen molar-refractivity contribution in [2.75, 3.05) is 19.7 Å². The third-order valence-corrected chi connectivity index (χ3v) is 6.13. The van der Waals surface area contributed by atoms with Crippen LogP contribution in [0.5, 0.6) is 0 Å². The van der Waals surface area contributed by atoms with Crippen LogP contribution in [0.25, 0.3) is 0 Å². The van der Waals surface area contributed by atoms with E-state index in [1.54, 1.807) is 0 Å². The van der Waals surface area contributed by atoms with Crippen LogP contribution >= 0.6 is 0 Å². The molecule has 3 rings (SSSR count). The molecule has 1 aliphatic heterocycles. The van der Waals surface area contributed by atoms with E-state index >= 15 is 0 Å². The van der Waals surface area contributed by atoms with Crippen LogP contribution in [0.1, 0.15) is 55.8 Å². The molecule has 0 aliphatic carbocycles. The first kappa shape index (κ1) is 20.1. The highest BCUT2D eigenvalue weighted by molar-refractivity contribution is 5.16. The summed E-state index contributed by atoms with van der Waals surface area (Å²) in [6, 6.07) is 10.7. The van der Waals surface area contributed by atoms with Crippen molar-refractivity contribution < 1.29 is 5.11 Å². The Hall–Kier alpha value is -1.65. The number of aliphatic hydroxyl groups excluding tert-OH is 1. The van der Waals surface area contributed by atoms with Crippen LogP contribution in [0.2, 0.25) is 0 Å². The van der Waals surface area contributed by atoms with Gasteiger partial charge in [0.2, 0.25) is 0 Å². The SMILES string of the molecule is CCCn1ncc(CN2CCC[C@@](CO)(CCCc3ccccc3)C2)c1C. The number of likely N-dealkylation sites (tertiary alicyclic amines) is 1. The van der Waals surface area contributed by atoms with Gasteiger partial charge in [-0.3, -0.25) is 9.58 Å². The highest BCUT2D eigenvalue weighted by Crippen LogP contribution is 2.35. The second kappa shape index (κ2) is 9.52. The molecule has 1 atom stereocenters. The number of piperidine rings is 1. The van der Waals surface area contributed by atoms with Gasteiger partial charge in [-0.15, -0.1) is 0 Å². The number of aliphatic hydroxyl groups is 1. The Bertz CT molecular complexity index is 697. The fourth-order valence-electron chi connectivity index (χ4n) is 4.49. The Labute approximate surface area is 164 Å². The van der Waals surface area contributed by atoms with Gasteiger partial charge in [0.05, 0.1) is 6.20 Å². The second-order valence-electron chi connectivity index (χ2n) is 8.29. The van der Waals surface area contributed by atoms with Crippen LogP contribution in [0.4, 0.5) is 0 Å². The monoisotopic (exact) mass is 369 g/mol. The molecule has 2 aromatic rings. The average Bonchev–Trinajstić information content (AvgIpc) is 3.03. The van der Waals surface area contributed by atoms with E-state index in [2.05, 4.69) is 58.9 Å². The summed E-state index contributed by atoms with van der Waals surface area (Å²) in [4.78, 5) is 2.53. The third-order valence-electron chi connectivity index (χ3n) is 6.13. The van der Waals surface area contributed by atoms with E-state index in [4.69, 9.17) is 0 Å². The van der Waals surface area contributed by atoms with E-state index in [0.29, 0.717) is 6.61 Å². The molecule has 0 saturated carbocycles. The number of aromatic nitrogens is 2. The van der Waals surface area contributed by atoms with Crippen molar-refractivity contribution >= 4 is 0 Å². The Morgan fingerprint density at radius 3 is 2.78 bits per heavy atom. The molecule has 0 spiro atoms. The fraction of sp³-hybridized carbons (Fsp3) is 0.609. The summed E-state index contributed by atoms with van der Waals surface area (Å²) in [7, 11) is 0. The van der Waals surface area contributed by atoms with Crippen LogP contribution in [-0.4, -0.2) is 39.5 Å². The van der Waals surface area contributed by atoms with E-state index in [0.717, 1.165) is 58.3 Å². The summed E-state index contributed by atoms with van der Waals surface area (Å²) >= 11 is 0. The van der Waals surface area contributed by atoms with Crippen LogP contribution in [-0.2, 0) is 19.5 Å². The molecule has 0 amide bonds. The molecule has 0 bridgehead atoms. The summed E-state index contributed by atoms with van der Waals surface area (Å²) in [5.74, 6) is 0.